The van der Waals surface area contributed by atoms with Gasteiger partial charge in [-0.1, -0.05) is 66.7 Å². The summed E-state index contributed by atoms with van der Waals surface area (Å²) < 4.78 is 21.4. The van der Waals surface area contributed by atoms with Crippen molar-refractivity contribution < 1.29 is 14.2 Å². The Morgan fingerprint density at radius 3 is 2.28 bits per heavy atom. The van der Waals surface area contributed by atoms with Crippen LogP contribution in [-0.4, -0.2) is 31.4 Å². The van der Waals surface area contributed by atoms with Crippen LogP contribution in [-0.2, 0) is 10.3 Å². The summed E-state index contributed by atoms with van der Waals surface area (Å²) in [4.78, 5) is 0. The van der Waals surface area contributed by atoms with Crippen LogP contribution in [0.15, 0.2) is 78.9 Å². The van der Waals surface area contributed by atoms with Crippen molar-refractivity contribution in [2.24, 2.45) is 0 Å². The third-order valence-electron chi connectivity index (χ3n) is 5.50. The van der Waals surface area contributed by atoms with Crippen LogP contribution in [0.3, 0.4) is 0 Å². The first-order valence-corrected chi connectivity index (χ1v) is 9.60. The molecule has 0 radical (unpaired) electrons. The molecule has 1 aliphatic rings. The van der Waals surface area contributed by atoms with Crippen molar-refractivity contribution in [2.45, 2.75) is 11.5 Å². The van der Waals surface area contributed by atoms with Crippen LogP contribution in [0.1, 0.15) is 17.0 Å². The SMILES string of the molecule is Cl.OCC(c1ccccc1)C1(c2cc(-c3ccccc3)ccc2F)CNCCO1. The highest BCUT2D eigenvalue weighted by molar-refractivity contribution is 5.85. The Bertz CT molecular complexity index is 915. The zero-order valence-electron chi connectivity index (χ0n) is 16.1. The van der Waals surface area contributed by atoms with Gasteiger partial charge in [0.1, 0.15) is 11.4 Å². The van der Waals surface area contributed by atoms with Gasteiger partial charge < -0.3 is 15.2 Å². The Kier molecular flexibility index (Phi) is 7.04. The predicted octanol–water partition coefficient (Wildman–Crippen LogP) is 4.51. The molecule has 3 aromatic carbocycles. The zero-order valence-corrected chi connectivity index (χ0v) is 16.9. The summed E-state index contributed by atoms with van der Waals surface area (Å²) in [5, 5.41) is 13.6. The Labute approximate surface area is 177 Å². The molecule has 0 spiro atoms. The number of hydrogen-bond donors (Lipinski definition) is 2. The van der Waals surface area contributed by atoms with E-state index in [1.54, 1.807) is 6.07 Å². The zero-order chi connectivity index (χ0) is 19.4. The van der Waals surface area contributed by atoms with Crippen LogP contribution >= 0.6 is 12.4 Å². The van der Waals surface area contributed by atoms with E-state index in [-0.39, 0.29) is 30.7 Å². The molecule has 3 nitrogen and oxygen atoms in total. The topological polar surface area (TPSA) is 41.5 Å². The van der Waals surface area contributed by atoms with Crippen LogP contribution < -0.4 is 5.32 Å². The molecular formula is C24H25ClFNO2. The van der Waals surface area contributed by atoms with E-state index in [2.05, 4.69) is 5.32 Å². The lowest BCUT2D eigenvalue weighted by Gasteiger charge is -2.44. The second-order valence-electron chi connectivity index (χ2n) is 7.12. The van der Waals surface area contributed by atoms with E-state index in [0.29, 0.717) is 25.3 Å². The van der Waals surface area contributed by atoms with Crippen LogP contribution in [0.2, 0.25) is 0 Å². The second-order valence-corrected chi connectivity index (χ2v) is 7.12. The minimum absolute atomic E-state index is 0. The molecule has 0 bridgehead atoms. The van der Waals surface area contributed by atoms with E-state index >= 15 is 4.39 Å². The van der Waals surface area contributed by atoms with Gasteiger partial charge in [-0.05, 0) is 28.8 Å². The number of ether oxygens (including phenoxy) is 1. The first-order chi connectivity index (χ1) is 13.7. The third kappa shape index (κ3) is 4.21. The lowest BCUT2D eigenvalue weighted by molar-refractivity contribution is -0.101. The standard InChI is InChI=1S/C24H24FNO2.ClH/c25-23-12-11-20(18-7-3-1-4-8-18)15-21(23)24(17-26-13-14-28-24)22(16-27)19-9-5-2-6-10-19;/h1-12,15,22,26-27H,13-14,16-17H2;1H. The fraction of sp³-hybridized carbons (Fsp3) is 0.250. The van der Waals surface area contributed by atoms with E-state index in [1.807, 2.05) is 66.7 Å². The molecule has 2 atom stereocenters. The second kappa shape index (κ2) is 9.51. The largest absolute Gasteiger partial charge is 0.396 e. The van der Waals surface area contributed by atoms with Crippen LogP contribution in [0.5, 0.6) is 0 Å². The summed E-state index contributed by atoms with van der Waals surface area (Å²) in [5.41, 5.74) is 2.36. The van der Waals surface area contributed by atoms with Gasteiger partial charge in [0.2, 0.25) is 0 Å². The minimum atomic E-state index is -0.983. The van der Waals surface area contributed by atoms with Crippen molar-refractivity contribution in [3.8, 4) is 11.1 Å². The Hall–Kier alpha value is -2.24. The van der Waals surface area contributed by atoms with Gasteiger partial charge in [-0.3, -0.25) is 0 Å². The van der Waals surface area contributed by atoms with Crippen molar-refractivity contribution >= 4 is 12.4 Å². The Balaban J connectivity index is 0.00000240. The van der Waals surface area contributed by atoms with Crippen LogP contribution in [0, 0.1) is 5.82 Å². The Morgan fingerprint density at radius 2 is 1.66 bits per heavy atom. The van der Waals surface area contributed by atoms with Gasteiger partial charge >= 0.3 is 0 Å². The first kappa shape index (κ1) is 21.5. The highest BCUT2D eigenvalue weighted by Gasteiger charge is 2.45. The summed E-state index contributed by atoms with van der Waals surface area (Å²) in [5.74, 6) is -0.709. The molecule has 0 aliphatic carbocycles. The van der Waals surface area contributed by atoms with Gasteiger partial charge in [0.25, 0.3) is 0 Å². The fourth-order valence-corrected chi connectivity index (χ4v) is 4.08. The summed E-state index contributed by atoms with van der Waals surface area (Å²) in [6, 6.07) is 24.8. The first-order valence-electron chi connectivity index (χ1n) is 9.60. The summed E-state index contributed by atoms with van der Waals surface area (Å²) in [6.07, 6.45) is 0. The van der Waals surface area contributed by atoms with E-state index in [9.17, 15) is 5.11 Å². The quantitative estimate of drug-likeness (QED) is 0.646. The highest BCUT2D eigenvalue weighted by Crippen LogP contribution is 2.43. The minimum Gasteiger partial charge on any atom is -0.396 e. The van der Waals surface area contributed by atoms with Gasteiger partial charge in [-0.15, -0.1) is 12.4 Å². The lowest BCUT2D eigenvalue weighted by Crippen LogP contribution is -2.52. The number of aliphatic hydroxyl groups is 1. The number of hydrogen-bond acceptors (Lipinski definition) is 3. The molecule has 1 saturated heterocycles. The van der Waals surface area contributed by atoms with Crippen LogP contribution in [0.25, 0.3) is 11.1 Å². The number of nitrogens with one attached hydrogen (secondary N) is 1. The van der Waals surface area contributed by atoms with E-state index < -0.39 is 5.60 Å². The van der Waals surface area contributed by atoms with Crippen molar-refractivity contribution in [2.75, 3.05) is 26.3 Å². The highest BCUT2D eigenvalue weighted by atomic mass is 35.5. The maximum absolute atomic E-state index is 15.1. The number of benzene rings is 3. The molecule has 1 heterocycles. The van der Waals surface area contributed by atoms with Gasteiger partial charge in [0.05, 0.1) is 13.2 Å². The number of halogens is 2. The van der Waals surface area contributed by atoms with Gasteiger partial charge in [0.15, 0.2) is 0 Å². The van der Waals surface area contributed by atoms with Crippen molar-refractivity contribution in [3.63, 3.8) is 0 Å². The normalized spacial score (nSPS) is 19.9. The summed E-state index contributed by atoms with van der Waals surface area (Å²) >= 11 is 0. The van der Waals surface area contributed by atoms with E-state index in [1.165, 1.54) is 6.07 Å². The summed E-state index contributed by atoms with van der Waals surface area (Å²) in [6.45, 7) is 1.45. The third-order valence-corrected chi connectivity index (χ3v) is 5.50. The van der Waals surface area contributed by atoms with Crippen molar-refractivity contribution in [3.05, 3.63) is 95.8 Å². The average Bonchev–Trinajstić information content (AvgIpc) is 2.76. The van der Waals surface area contributed by atoms with Gasteiger partial charge in [-0.2, -0.15) is 0 Å². The number of morpholine rings is 1. The van der Waals surface area contributed by atoms with Crippen molar-refractivity contribution in [1.82, 2.24) is 5.32 Å². The molecule has 0 aromatic heterocycles. The molecule has 0 saturated carbocycles. The van der Waals surface area contributed by atoms with E-state index in [0.717, 1.165) is 16.7 Å². The molecule has 2 N–H and O–H groups in total. The Morgan fingerprint density at radius 1 is 0.966 bits per heavy atom. The molecular weight excluding hydrogens is 389 g/mol. The maximum atomic E-state index is 15.1. The molecule has 3 aromatic rings. The molecule has 1 aliphatic heterocycles. The maximum Gasteiger partial charge on any atom is 0.129 e. The molecule has 0 amide bonds. The molecule has 1 fully saturated rings. The predicted molar refractivity (Wildman–Crippen MR) is 116 cm³/mol. The number of rotatable bonds is 5. The molecule has 5 heteroatoms. The summed E-state index contributed by atoms with van der Waals surface area (Å²) in [7, 11) is 0. The number of aliphatic hydroxyl groups excluding tert-OH is 1. The lowest BCUT2D eigenvalue weighted by atomic mass is 9.75. The molecule has 4 rings (SSSR count). The fourth-order valence-electron chi connectivity index (χ4n) is 4.08. The monoisotopic (exact) mass is 413 g/mol. The molecule has 2 unspecified atom stereocenters. The van der Waals surface area contributed by atoms with Crippen LogP contribution in [0.4, 0.5) is 4.39 Å². The van der Waals surface area contributed by atoms with Gasteiger partial charge in [0, 0.05) is 24.6 Å². The molecule has 152 valence electrons. The average molecular weight is 414 g/mol. The van der Waals surface area contributed by atoms with Gasteiger partial charge in [-0.25, -0.2) is 4.39 Å². The smallest absolute Gasteiger partial charge is 0.129 e. The van der Waals surface area contributed by atoms with E-state index in [4.69, 9.17) is 4.74 Å². The molecule has 29 heavy (non-hydrogen) atoms. The van der Waals surface area contributed by atoms with Crippen molar-refractivity contribution in [1.29, 1.82) is 0 Å².